The monoisotopic (exact) mass is 990 g/mol. The SMILES string of the molecule is C.CC[C@H]1O[C@@H](n2cnc3c(=O)[nH]c(N)nc32)C(O[Si](C)(C)C(C)(C)C)[C@@H]1C.CC[C@H]1O[C@@H](n2cnc3c(=O)[nH]c(NC(=O)CCl)nc32)C(O[Si](C)(C)C(C)(C)C)[C@@H]1C.O=C(Cl)CCl. The predicted molar refractivity (Wildman–Crippen MR) is 259 cm³/mol. The van der Waals surface area contributed by atoms with Gasteiger partial charge in [0.05, 0.1) is 43.0 Å². The lowest BCUT2D eigenvalue weighted by molar-refractivity contribution is -0.114. The van der Waals surface area contributed by atoms with Gasteiger partial charge in [0.15, 0.2) is 51.4 Å². The van der Waals surface area contributed by atoms with Gasteiger partial charge in [0.2, 0.25) is 23.0 Å². The Morgan fingerprint density at radius 1 is 0.781 bits per heavy atom. The maximum Gasteiger partial charge on any atom is 0.280 e. The molecule has 18 nitrogen and oxygen atoms in total. The van der Waals surface area contributed by atoms with Gasteiger partial charge in [-0.05, 0) is 60.7 Å². The Labute approximate surface area is 392 Å². The molecule has 4 aromatic rings. The molecule has 2 aliphatic heterocycles. The predicted octanol–water partition coefficient (Wildman–Crippen LogP) is 8.29. The van der Waals surface area contributed by atoms with Crippen LogP contribution in [0.5, 0.6) is 0 Å². The molecule has 4 aromatic heterocycles. The molecule has 6 heterocycles. The van der Waals surface area contributed by atoms with Crippen molar-refractivity contribution in [2.75, 3.05) is 22.8 Å². The molecule has 64 heavy (non-hydrogen) atoms. The number of nitrogens with zero attached hydrogens (tertiary/aromatic N) is 6. The van der Waals surface area contributed by atoms with Crippen molar-refractivity contribution in [1.29, 1.82) is 0 Å². The number of imidazole rings is 2. The molecule has 0 saturated carbocycles. The maximum atomic E-state index is 12.5. The molecule has 2 saturated heterocycles. The maximum absolute atomic E-state index is 12.5. The number of ether oxygens (including phenoxy) is 2. The molecular formula is C41H69Cl3N10O8Si2. The van der Waals surface area contributed by atoms with Gasteiger partial charge in [-0.25, -0.2) is 9.97 Å². The van der Waals surface area contributed by atoms with E-state index in [0.29, 0.717) is 11.3 Å². The number of alkyl halides is 2. The van der Waals surface area contributed by atoms with Gasteiger partial charge < -0.3 is 24.1 Å². The molecular weight excluding hydrogens is 923 g/mol. The van der Waals surface area contributed by atoms with Crippen LogP contribution in [0.4, 0.5) is 11.9 Å². The minimum Gasteiger partial charge on any atom is -0.409 e. The first-order valence-corrected chi connectivity index (χ1v) is 28.3. The highest BCUT2D eigenvalue weighted by atomic mass is 35.5. The van der Waals surface area contributed by atoms with Crippen LogP contribution >= 0.6 is 34.8 Å². The summed E-state index contributed by atoms with van der Waals surface area (Å²) in [6, 6.07) is 0. The van der Waals surface area contributed by atoms with Crippen molar-refractivity contribution < 1.29 is 27.9 Å². The van der Waals surface area contributed by atoms with E-state index in [-0.39, 0.29) is 94.0 Å². The number of halogens is 3. The Hall–Kier alpha value is -3.22. The lowest BCUT2D eigenvalue weighted by Crippen LogP contribution is -2.46. The first kappa shape index (κ1) is 55.1. The van der Waals surface area contributed by atoms with Gasteiger partial charge in [-0.1, -0.05) is 76.7 Å². The van der Waals surface area contributed by atoms with E-state index < -0.39 is 45.8 Å². The minimum absolute atomic E-state index is 0. The Morgan fingerprint density at radius 3 is 1.53 bits per heavy atom. The zero-order valence-electron chi connectivity index (χ0n) is 38.8. The second-order valence-electron chi connectivity index (χ2n) is 19.0. The molecule has 2 aliphatic rings. The van der Waals surface area contributed by atoms with E-state index in [4.69, 9.17) is 58.9 Å². The lowest BCUT2D eigenvalue weighted by atomic mass is 9.99. The first-order valence-electron chi connectivity index (χ1n) is 21.1. The zero-order chi connectivity index (χ0) is 47.6. The van der Waals surface area contributed by atoms with Gasteiger partial charge in [0, 0.05) is 11.8 Å². The molecule has 0 bridgehead atoms. The zero-order valence-corrected chi connectivity index (χ0v) is 43.0. The van der Waals surface area contributed by atoms with Gasteiger partial charge in [-0.3, -0.25) is 43.6 Å². The number of aromatic nitrogens is 8. The van der Waals surface area contributed by atoms with Gasteiger partial charge in [0.25, 0.3) is 11.1 Å². The van der Waals surface area contributed by atoms with Crippen LogP contribution in [0.15, 0.2) is 22.2 Å². The molecule has 1 amide bonds. The summed E-state index contributed by atoms with van der Waals surface area (Å²) in [7, 11) is -4.12. The fourth-order valence-corrected chi connectivity index (χ4v) is 9.72. The third-order valence-corrected chi connectivity index (χ3v) is 22.3. The van der Waals surface area contributed by atoms with Gasteiger partial charge >= 0.3 is 0 Å². The fraction of sp³-hybridized carbons (Fsp3) is 0.707. The highest BCUT2D eigenvalue weighted by Gasteiger charge is 2.50. The van der Waals surface area contributed by atoms with Crippen LogP contribution in [0.25, 0.3) is 22.3 Å². The van der Waals surface area contributed by atoms with Gasteiger partial charge in [0.1, 0.15) is 5.88 Å². The summed E-state index contributed by atoms with van der Waals surface area (Å²) in [6.07, 6.45) is 3.73. The van der Waals surface area contributed by atoms with Crippen LogP contribution in [0.1, 0.15) is 102 Å². The third-order valence-electron chi connectivity index (χ3n) is 12.6. The number of hydrogen-bond acceptors (Lipinski definition) is 13. The fourth-order valence-electron chi connectivity index (χ4n) is 6.92. The molecule has 6 rings (SSSR count). The topological polar surface area (TPSA) is 236 Å². The van der Waals surface area contributed by atoms with Gasteiger partial charge in [-0.2, -0.15) is 9.97 Å². The number of H-pyrrole nitrogens is 2. The van der Waals surface area contributed by atoms with Crippen LogP contribution in [0.3, 0.4) is 0 Å². The third kappa shape index (κ3) is 12.2. The van der Waals surface area contributed by atoms with Crippen molar-refractivity contribution in [3.05, 3.63) is 33.4 Å². The van der Waals surface area contributed by atoms with E-state index in [9.17, 15) is 19.2 Å². The quantitative estimate of drug-likeness (QED) is 0.0630. The smallest absolute Gasteiger partial charge is 0.280 e. The van der Waals surface area contributed by atoms with Crippen molar-refractivity contribution in [3.8, 4) is 0 Å². The van der Waals surface area contributed by atoms with E-state index in [1.54, 1.807) is 21.8 Å². The molecule has 0 aromatic carbocycles. The van der Waals surface area contributed by atoms with Crippen LogP contribution in [0.2, 0.25) is 36.3 Å². The van der Waals surface area contributed by atoms with Crippen LogP contribution in [0, 0.1) is 11.8 Å². The van der Waals surface area contributed by atoms with E-state index in [2.05, 4.69) is 131 Å². The Morgan fingerprint density at radius 2 is 1.17 bits per heavy atom. The van der Waals surface area contributed by atoms with Gasteiger partial charge in [-0.15, -0.1) is 23.2 Å². The summed E-state index contributed by atoms with van der Waals surface area (Å²) in [5.74, 6) is -0.359. The molecule has 0 aliphatic carbocycles. The van der Waals surface area contributed by atoms with Crippen LogP contribution in [-0.4, -0.2) is 103 Å². The number of nitrogens with two attached hydrogens (primary N) is 1. The van der Waals surface area contributed by atoms with Crippen molar-refractivity contribution >= 4 is 96.8 Å². The van der Waals surface area contributed by atoms with Crippen LogP contribution in [-0.2, 0) is 27.9 Å². The highest BCUT2D eigenvalue weighted by molar-refractivity contribution is 6.74. The van der Waals surface area contributed by atoms with Crippen molar-refractivity contribution in [2.45, 2.75) is 163 Å². The second kappa shape index (κ2) is 21.6. The molecule has 0 radical (unpaired) electrons. The lowest BCUT2D eigenvalue weighted by Gasteiger charge is -2.40. The Balaban J connectivity index is 0.000000306. The first-order chi connectivity index (χ1) is 29.1. The van der Waals surface area contributed by atoms with E-state index in [1.807, 2.05) is 0 Å². The molecule has 5 N–H and O–H groups in total. The Bertz CT molecular complexity index is 2340. The average Bonchev–Trinajstić information content (AvgIpc) is 3.95. The number of fused-ring (bicyclic) bond motifs is 2. The molecule has 2 unspecified atom stereocenters. The van der Waals surface area contributed by atoms with E-state index >= 15 is 0 Å². The normalized spacial score (nSPS) is 23.8. The molecule has 23 heteroatoms. The summed E-state index contributed by atoms with van der Waals surface area (Å²) in [4.78, 5) is 68.0. The van der Waals surface area contributed by atoms with E-state index in [1.165, 1.54) is 0 Å². The summed E-state index contributed by atoms with van der Waals surface area (Å²) in [5.41, 5.74) is 6.13. The number of rotatable bonds is 11. The average molecular weight is 993 g/mol. The van der Waals surface area contributed by atoms with Crippen molar-refractivity contribution in [1.82, 2.24) is 39.0 Å². The van der Waals surface area contributed by atoms with E-state index in [0.717, 1.165) is 12.8 Å². The summed E-state index contributed by atoms with van der Waals surface area (Å²) in [6.45, 7) is 30.7. The number of carbonyl (C=O) groups is 2. The largest absolute Gasteiger partial charge is 0.409 e. The summed E-state index contributed by atoms with van der Waals surface area (Å²) < 4.78 is 29.9. The highest BCUT2D eigenvalue weighted by Crippen LogP contribution is 2.46. The number of amides is 1. The minimum atomic E-state index is -2.10. The molecule has 2 fully saturated rings. The number of hydrogen-bond donors (Lipinski definition) is 4. The van der Waals surface area contributed by atoms with Crippen LogP contribution < -0.4 is 22.2 Å². The summed E-state index contributed by atoms with van der Waals surface area (Å²) in [5, 5.41) is 2.10. The standard InChI is InChI=1S/C20H32ClN5O4Si.C18H31N5O3Si.C2H2Cl2O.CH4/c1-8-12-11(2)15(30-31(6,7)20(3,4)5)18(29-12)26-10-22-14-16(26)24-19(25-17(14)28)23-13(27)9-21;1-8-11-10(2)13(26-27(6,7)18(3,4)5)16(25-11)23-9-20-12-14(23)21-17(19)22-15(12)24;3-1-2(4)5;/h10-12,15,18H,8-9H2,1-7H3,(H2,23,24,25,27,28);9-11,13,16H,8H2,1-7H3,(H3,19,21,22,24);1H2;1H4/t11-,12-,15?,18-;10-,11-,13?,16-;;/m11../s1. The van der Waals surface area contributed by atoms with Crippen molar-refractivity contribution in [2.24, 2.45) is 11.8 Å². The number of nitrogens with one attached hydrogen (secondary N) is 3. The Kier molecular flexibility index (Phi) is 18.6. The molecule has 8 atom stereocenters. The molecule has 0 spiro atoms. The number of nitrogen functional groups attached to an aromatic ring is 1. The summed E-state index contributed by atoms with van der Waals surface area (Å²) >= 11 is 15.1. The number of anilines is 2. The molecule has 360 valence electrons. The second-order valence-corrected chi connectivity index (χ2v) is 29.5. The number of aromatic amines is 2. The van der Waals surface area contributed by atoms with Crippen molar-refractivity contribution in [3.63, 3.8) is 0 Å². The number of carbonyl (C=O) groups excluding carboxylic acids is 2.